The third-order valence-electron chi connectivity index (χ3n) is 3.05. The molecule has 2 aromatic rings. The molecule has 0 saturated carbocycles. The lowest BCUT2D eigenvalue weighted by Crippen LogP contribution is -2.13. The van der Waals surface area contributed by atoms with Gasteiger partial charge in [0, 0.05) is 4.92 Å². The Morgan fingerprint density at radius 1 is 1.05 bits per heavy atom. The van der Waals surface area contributed by atoms with Crippen molar-refractivity contribution in [2.75, 3.05) is 13.7 Å². The molecule has 0 unspecified atom stereocenters. The highest BCUT2D eigenvalue weighted by molar-refractivity contribution is 5.36. The minimum absolute atomic E-state index is 0.115. The van der Waals surface area contributed by atoms with Crippen molar-refractivity contribution in [3.8, 4) is 5.75 Å². The summed E-state index contributed by atoms with van der Waals surface area (Å²) in [6.07, 6.45) is 0. The molecule has 0 N–H and O–H groups in total. The summed E-state index contributed by atoms with van der Waals surface area (Å²) in [5.74, 6) is 0.513. The first-order chi connectivity index (χ1) is 9.20. The zero-order valence-corrected chi connectivity index (χ0v) is 10.7. The van der Waals surface area contributed by atoms with Gasteiger partial charge in [0.15, 0.2) is 0 Å². The van der Waals surface area contributed by atoms with Crippen LogP contribution in [0.1, 0.15) is 17.0 Å². The highest BCUT2D eigenvalue weighted by Crippen LogP contribution is 2.26. The minimum Gasteiger partial charge on any atom is -0.497 e. The maximum atomic E-state index is 10.9. The van der Waals surface area contributed by atoms with E-state index in [9.17, 15) is 10.1 Å². The summed E-state index contributed by atoms with van der Waals surface area (Å²) >= 11 is 0. The highest BCUT2D eigenvalue weighted by atomic mass is 16.6. The van der Waals surface area contributed by atoms with E-state index in [4.69, 9.17) is 4.74 Å². The number of methoxy groups -OCH3 is 1. The standard InChI is InChI=1S/C15H15NO3/c1-19-14-9-7-13(8-10-14)15(11-16(17)18)12-5-3-2-4-6-12/h2-10,15H,11H2,1H3/t15-/m0/s1. The van der Waals surface area contributed by atoms with Gasteiger partial charge in [-0.15, -0.1) is 0 Å². The first-order valence-electron chi connectivity index (χ1n) is 6.01. The van der Waals surface area contributed by atoms with E-state index in [-0.39, 0.29) is 17.4 Å². The van der Waals surface area contributed by atoms with Crippen LogP contribution in [0.2, 0.25) is 0 Å². The second kappa shape index (κ2) is 6.00. The van der Waals surface area contributed by atoms with Gasteiger partial charge in [0.25, 0.3) is 0 Å². The van der Waals surface area contributed by atoms with Gasteiger partial charge in [0.05, 0.1) is 13.0 Å². The van der Waals surface area contributed by atoms with Crippen molar-refractivity contribution in [1.29, 1.82) is 0 Å². The number of ether oxygens (including phenoxy) is 1. The first kappa shape index (κ1) is 13.1. The molecule has 19 heavy (non-hydrogen) atoms. The van der Waals surface area contributed by atoms with Crippen LogP contribution in [-0.4, -0.2) is 18.6 Å². The summed E-state index contributed by atoms with van der Waals surface area (Å²) in [4.78, 5) is 10.6. The van der Waals surface area contributed by atoms with Gasteiger partial charge in [-0.3, -0.25) is 10.1 Å². The van der Waals surface area contributed by atoms with E-state index in [1.807, 2.05) is 54.6 Å². The lowest BCUT2D eigenvalue weighted by atomic mass is 9.91. The summed E-state index contributed by atoms with van der Waals surface area (Å²) < 4.78 is 5.10. The summed E-state index contributed by atoms with van der Waals surface area (Å²) in [5, 5.41) is 10.9. The number of hydrogen-bond donors (Lipinski definition) is 0. The average molecular weight is 257 g/mol. The Bertz CT molecular complexity index is 537. The Morgan fingerprint density at radius 2 is 1.63 bits per heavy atom. The van der Waals surface area contributed by atoms with Gasteiger partial charge in [-0.05, 0) is 23.3 Å². The molecule has 4 heteroatoms. The lowest BCUT2D eigenvalue weighted by molar-refractivity contribution is -0.481. The SMILES string of the molecule is COc1ccc([C@@H](C[N+](=O)[O-])c2ccccc2)cc1. The molecule has 0 radical (unpaired) electrons. The van der Waals surface area contributed by atoms with E-state index in [0.29, 0.717) is 0 Å². The van der Waals surface area contributed by atoms with Crippen molar-refractivity contribution >= 4 is 0 Å². The van der Waals surface area contributed by atoms with Crippen molar-refractivity contribution in [2.45, 2.75) is 5.92 Å². The van der Waals surface area contributed by atoms with Gasteiger partial charge in [-0.25, -0.2) is 0 Å². The molecule has 4 nitrogen and oxygen atoms in total. The molecule has 0 amide bonds. The largest absolute Gasteiger partial charge is 0.497 e. The lowest BCUT2D eigenvalue weighted by Gasteiger charge is -2.14. The smallest absolute Gasteiger partial charge is 0.214 e. The number of nitro groups is 1. The van der Waals surface area contributed by atoms with Gasteiger partial charge in [0.2, 0.25) is 6.54 Å². The molecule has 2 aromatic carbocycles. The summed E-state index contributed by atoms with van der Waals surface area (Å²) in [6, 6.07) is 16.9. The summed E-state index contributed by atoms with van der Waals surface area (Å²) in [6.45, 7) is -0.115. The second-order valence-corrected chi connectivity index (χ2v) is 4.25. The minimum atomic E-state index is -0.276. The van der Waals surface area contributed by atoms with Crippen LogP contribution < -0.4 is 4.74 Å². The average Bonchev–Trinajstić information content (AvgIpc) is 2.46. The van der Waals surface area contributed by atoms with Crippen molar-refractivity contribution in [3.05, 3.63) is 75.8 Å². The molecule has 0 saturated heterocycles. The molecule has 0 spiro atoms. The molecule has 0 aromatic heterocycles. The van der Waals surface area contributed by atoms with Gasteiger partial charge < -0.3 is 4.74 Å². The quantitative estimate of drug-likeness (QED) is 0.611. The van der Waals surface area contributed by atoms with E-state index < -0.39 is 0 Å². The molecule has 0 bridgehead atoms. The van der Waals surface area contributed by atoms with Crippen LogP contribution in [0.4, 0.5) is 0 Å². The molecule has 2 rings (SSSR count). The molecule has 0 heterocycles. The molecule has 0 aliphatic rings. The number of nitrogens with zero attached hydrogens (tertiary/aromatic N) is 1. The fraction of sp³-hybridized carbons (Fsp3) is 0.200. The Labute approximate surface area is 111 Å². The van der Waals surface area contributed by atoms with Crippen molar-refractivity contribution < 1.29 is 9.66 Å². The van der Waals surface area contributed by atoms with E-state index in [1.165, 1.54) is 0 Å². The van der Waals surface area contributed by atoms with Crippen LogP contribution in [0.25, 0.3) is 0 Å². The Balaban J connectivity index is 2.34. The maximum absolute atomic E-state index is 10.9. The zero-order valence-electron chi connectivity index (χ0n) is 10.7. The Morgan fingerprint density at radius 3 is 2.16 bits per heavy atom. The molecular formula is C15H15NO3. The van der Waals surface area contributed by atoms with Crippen LogP contribution in [-0.2, 0) is 0 Å². The summed E-state index contributed by atoms with van der Waals surface area (Å²) in [7, 11) is 1.60. The molecule has 0 fully saturated rings. The number of rotatable bonds is 5. The molecule has 98 valence electrons. The van der Waals surface area contributed by atoms with Crippen LogP contribution in [0.5, 0.6) is 5.75 Å². The van der Waals surface area contributed by atoms with E-state index in [0.717, 1.165) is 16.9 Å². The van der Waals surface area contributed by atoms with Crippen LogP contribution in [0.15, 0.2) is 54.6 Å². The van der Waals surface area contributed by atoms with E-state index in [2.05, 4.69) is 0 Å². The van der Waals surface area contributed by atoms with E-state index >= 15 is 0 Å². The van der Waals surface area contributed by atoms with Gasteiger partial charge >= 0.3 is 0 Å². The third kappa shape index (κ3) is 3.31. The van der Waals surface area contributed by atoms with Crippen molar-refractivity contribution in [3.63, 3.8) is 0 Å². The predicted octanol–water partition coefficient (Wildman–Crippen LogP) is 3.10. The van der Waals surface area contributed by atoms with Crippen molar-refractivity contribution in [1.82, 2.24) is 0 Å². The third-order valence-corrected chi connectivity index (χ3v) is 3.05. The molecule has 1 atom stereocenters. The zero-order chi connectivity index (χ0) is 13.7. The second-order valence-electron chi connectivity index (χ2n) is 4.25. The van der Waals surface area contributed by atoms with Crippen molar-refractivity contribution in [2.24, 2.45) is 0 Å². The van der Waals surface area contributed by atoms with Crippen LogP contribution in [0.3, 0.4) is 0 Å². The highest BCUT2D eigenvalue weighted by Gasteiger charge is 2.19. The van der Waals surface area contributed by atoms with Gasteiger partial charge in [0.1, 0.15) is 5.75 Å². The number of hydrogen-bond acceptors (Lipinski definition) is 3. The molecule has 0 aliphatic carbocycles. The normalized spacial score (nSPS) is 11.8. The monoisotopic (exact) mass is 257 g/mol. The first-order valence-corrected chi connectivity index (χ1v) is 6.01. The van der Waals surface area contributed by atoms with Crippen LogP contribution >= 0.6 is 0 Å². The van der Waals surface area contributed by atoms with Crippen LogP contribution in [0, 0.1) is 10.1 Å². The fourth-order valence-electron chi connectivity index (χ4n) is 2.07. The van der Waals surface area contributed by atoms with Gasteiger partial charge in [-0.2, -0.15) is 0 Å². The molecule has 0 aliphatic heterocycles. The Kier molecular flexibility index (Phi) is 4.13. The fourth-order valence-corrected chi connectivity index (χ4v) is 2.07. The maximum Gasteiger partial charge on any atom is 0.214 e. The number of benzene rings is 2. The van der Waals surface area contributed by atoms with Gasteiger partial charge in [-0.1, -0.05) is 42.5 Å². The Hall–Kier alpha value is -2.36. The predicted molar refractivity (Wildman–Crippen MR) is 73.1 cm³/mol. The topological polar surface area (TPSA) is 52.4 Å². The molecular weight excluding hydrogens is 242 g/mol. The van der Waals surface area contributed by atoms with E-state index in [1.54, 1.807) is 7.11 Å². The summed E-state index contributed by atoms with van der Waals surface area (Å²) in [5.41, 5.74) is 1.87.